The van der Waals surface area contributed by atoms with E-state index in [1.54, 1.807) is 12.5 Å². The van der Waals surface area contributed by atoms with Crippen molar-refractivity contribution in [2.24, 2.45) is 0 Å². The average Bonchev–Trinajstić information content (AvgIpc) is 3.17. The quantitative estimate of drug-likeness (QED) is 0.539. The van der Waals surface area contributed by atoms with Gasteiger partial charge in [-0.2, -0.15) is 0 Å². The van der Waals surface area contributed by atoms with Crippen molar-refractivity contribution in [2.45, 2.75) is 13.0 Å². The average molecular weight is 372 g/mol. The highest BCUT2D eigenvalue weighted by atomic mass is 16.5. The number of hydrogen-bond acceptors (Lipinski definition) is 4. The molecule has 0 saturated heterocycles. The van der Waals surface area contributed by atoms with Crippen LogP contribution in [0.4, 0.5) is 0 Å². The maximum Gasteiger partial charge on any atom is 0.223 e. The fourth-order valence-electron chi connectivity index (χ4n) is 2.97. The molecular weight excluding hydrogens is 352 g/mol. The summed E-state index contributed by atoms with van der Waals surface area (Å²) >= 11 is 0. The molecule has 0 saturated carbocycles. The number of para-hydroxylation sites is 3. The van der Waals surface area contributed by atoms with Crippen molar-refractivity contribution in [2.75, 3.05) is 6.61 Å². The third-order valence-corrected chi connectivity index (χ3v) is 4.37. The summed E-state index contributed by atoms with van der Waals surface area (Å²) in [6.07, 6.45) is 3.79. The van der Waals surface area contributed by atoms with E-state index >= 15 is 0 Å². The first kappa shape index (κ1) is 17.7. The van der Waals surface area contributed by atoms with E-state index in [-0.39, 0.29) is 5.91 Å². The molecule has 1 amide bonds. The Balaban J connectivity index is 1.40. The molecule has 2 aromatic heterocycles. The highest BCUT2D eigenvalue weighted by molar-refractivity contribution is 5.77. The molecule has 0 unspecified atom stereocenters. The fraction of sp³-hybridized carbons (Fsp3) is 0.136. The topological polar surface area (TPSA) is 69.0 Å². The van der Waals surface area contributed by atoms with Gasteiger partial charge in [-0.1, -0.05) is 36.4 Å². The molecule has 0 aliphatic carbocycles. The van der Waals surface area contributed by atoms with Crippen molar-refractivity contribution in [3.63, 3.8) is 0 Å². The first-order chi connectivity index (χ1) is 13.8. The number of carbonyl (C=O) groups excluding carboxylic acids is 1. The van der Waals surface area contributed by atoms with Crippen LogP contribution in [0.5, 0.6) is 5.75 Å². The van der Waals surface area contributed by atoms with Crippen molar-refractivity contribution in [1.29, 1.82) is 0 Å². The molecular formula is C22H20N4O2. The molecule has 28 heavy (non-hydrogen) atoms. The van der Waals surface area contributed by atoms with E-state index in [0.29, 0.717) is 19.6 Å². The number of aromatic nitrogens is 3. The number of nitrogens with zero attached hydrogens (tertiary/aromatic N) is 3. The number of benzene rings is 2. The standard InChI is InChI=1S/C22H20N4O2/c27-21(12-14-28-18-8-2-1-3-9-18)24-15-17-7-6-13-23-22(17)26-16-25-19-10-4-5-11-20(19)26/h1-11,13,16H,12,14-15H2,(H,24,27). The van der Waals surface area contributed by atoms with Gasteiger partial charge in [0.2, 0.25) is 5.91 Å². The maximum absolute atomic E-state index is 12.2. The summed E-state index contributed by atoms with van der Waals surface area (Å²) in [6, 6.07) is 21.2. The van der Waals surface area contributed by atoms with E-state index in [2.05, 4.69) is 15.3 Å². The summed E-state index contributed by atoms with van der Waals surface area (Å²) in [5, 5.41) is 2.94. The molecule has 2 heterocycles. The fourth-order valence-corrected chi connectivity index (χ4v) is 2.97. The smallest absolute Gasteiger partial charge is 0.223 e. The molecule has 6 nitrogen and oxygen atoms in total. The summed E-state index contributed by atoms with van der Waals surface area (Å²) in [7, 11) is 0. The Morgan fingerprint density at radius 1 is 0.964 bits per heavy atom. The Morgan fingerprint density at radius 3 is 2.68 bits per heavy atom. The van der Waals surface area contributed by atoms with Crippen molar-refractivity contribution in [3.8, 4) is 11.6 Å². The lowest BCUT2D eigenvalue weighted by Gasteiger charge is -2.11. The van der Waals surface area contributed by atoms with Gasteiger partial charge >= 0.3 is 0 Å². The van der Waals surface area contributed by atoms with Crippen LogP contribution in [-0.4, -0.2) is 27.0 Å². The summed E-state index contributed by atoms with van der Waals surface area (Å²) in [5.41, 5.74) is 2.80. The summed E-state index contributed by atoms with van der Waals surface area (Å²) in [4.78, 5) is 21.1. The SMILES string of the molecule is O=C(CCOc1ccccc1)NCc1cccnc1-n1cnc2ccccc21. The van der Waals surface area contributed by atoms with Gasteiger partial charge in [0, 0.05) is 18.3 Å². The molecule has 6 heteroatoms. The summed E-state index contributed by atoms with van der Waals surface area (Å²) in [6.45, 7) is 0.724. The van der Waals surface area contributed by atoms with E-state index in [0.717, 1.165) is 28.2 Å². The second-order valence-corrected chi connectivity index (χ2v) is 6.28. The number of amides is 1. The lowest BCUT2D eigenvalue weighted by molar-refractivity contribution is -0.121. The molecule has 0 aliphatic rings. The molecule has 0 fully saturated rings. The van der Waals surface area contributed by atoms with Gasteiger partial charge in [0.25, 0.3) is 0 Å². The first-order valence-electron chi connectivity index (χ1n) is 9.12. The molecule has 140 valence electrons. The van der Waals surface area contributed by atoms with Gasteiger partial charge in [0.05, 0.1) is 24.1 Å². The molecule has 0 atom stereocenters. The summed E-state index contributed by atoms with van der Waals surface area (Å²) in [5.74, 6) is 1.45. The Hall–Kier alpha value is -3.67. The number of nitrogens with one attached hydrogen (secondary N) is 1. The van der Waals surface area contributed by atoms with Crippen LogP contribution in [0.3, 0.4) is 0 Å². The minimum Gasteiger partial charge on any atom is -0.493 e. The van der Waals surface area contributed by atoms with Crippen LogP contribution in [0, 0.1) is 0 Å². The number of ether oxygens (including phenoxy) is 1. The van der Waals surface area contributed by atoms with Gasteiger partial charge in [-0.25, -0.2) is 9.97 Å². The number of rotatable bonds is 7. The molecule has 0 aliphatic heterocycles. The van der Waals surface area contributed by atoms with Crippen LogP contribution in [0.2, 0.25) is 0 Å². The van der Waals surface area contributed by atoms with Crippen LogP contribution < -0.4 is 10.1 Å². The second-order valence-electron chi connectivity index (χ2n) is 6.28. The highest BCUT2D eigenvalue weighted by Gasteiger charge is 2.11. The number of hydrogen-bond donors (Lipinski definition) is 1. The third-order valence-electron chi connectivity index (χ3n) is 4.37. The van der Waals surface area contributed by atoms with E-state index in [1.165, 1.54) is 0 Å². The largest absolute Gasteiger partial charge is 0.493 e. The van der Waals surface area contributed by atoms with Gasteiger partial charge < -0.3 is 10.1 Å². The van der Waals surface area contributed by atoms with Gasteiger partial charge in [-0.05, 0) is 30.3 Å². The molecule has 4 rings (SSSR count). The van der Waals surface area contributed by atoms with Crippen LogP contribution in [-0.2, 0) is 11.3 Å². The first-order valence-corrected chi connectivity index (χ1v) is 9.12. The molecule has 0 radical (unpaired) electrons. The molecule has 0 bridgehead atoms. The number of carbonyl (C=O) groups is 1. The monoisotopic (exact) mass is 372 g/mol. The Morgan fingerprint density at radius 2 is 1.79 bits per heavy atom. The van der Waals surface area contributed by atoms with Gasteiger partial charge in [0.15, 0.2) is 0 Å². The minimum atomic E-state index is -0.0683. The van der Waals surface area contributed by atoms with Gasteiger partial charge in [0.1, 0.15) is 17.9 Å². The number of imidazole rings is 1. The van der Waals surface area contributed by atoms with E-state index in [1.807, 2.05) is 71.3 Å². The zero-order valence-electron chi connectivity index (χ0n) is 15.3. The second kappa shape index (κ2) is 8.35. The zero-order chi connectivity index (χ0) is 19.2. The highest BCUT2D eigenvalue weighted by Crippen LogP contribution is 2.19. The van der Waals surface area contributed by atoms with Crippen molar-refractivity contribution < 1.29 is 9.53 Å². The van der Waals surface area contributed by atoms with Crippen LogP contribution >= 0.6 is 0 Å². The van der Waals surface area contributed by atoms with E-state index in [4.69, 9.17) is 4.74 Å². The lowest BCUT2D eigenvalue weighted by Crippen LogP contribution is -2.25. The third kappa shape index (κ3) is 4.01. The van der Waals surface area contributed by atoms with Crippen LogP contribution in [0.15, 0.2) is 79.3 Å². The molecule has 4 aromatic rings. The Labute approximate surface area is 162 Å². The number of fused-ring (bicyclic) bond motifs is 1. The predicted molar refractivity (Wildman–Crippen MR) is 107 cm³/mol. The Kier molecular flexibility index (Phi) is 5.29. The van der Waals surface area contributed by atoms with Crippen molar-refractivity contribution in [3.05, 3.63) is 84.8 Å². The van der Waals surface area contributed by atoms with E-state index < -0.39 is 0 Å². The maximum atomic E-state index is 12.2. The number of pyridine rings is 1. The van der Waals surface area contributed by atoms with Gasteiger partial charge in [-0.15, -0.1) is 0 Å². The molecule has 0 spiro atoms. The van der Waals surface area contributed by atoms with E-state index in [9.17, 15) is 4.79 Å². The zero-order valence-corrected chi connectivity index (χ0v) is 15.3. The van der Waals surface area contributed by atoms with Gasteiger partial charge in [-0.3, -0.25) is 9.36 Å². The Bertz CT molecular complexity index is 1080. The minimum absolute atomic E-state index is 0.0683. The molecule has 2 aromatic carbocycles. The molecule has 1 N–H and O–H groups in total. The lowest BCUT2D eigenvalue weighted by atomic mass is 10.2. The normalized spacial score (nSPS) is 10.7. The van der Waals surface area contributed by atoms with Crippen molar-refractivity contribution >= 4 is 16.9 Å². The van der Waals surface area contributed by atoms with Crippen molar-refractivity contribution in [1.82, 2.24) is 19.9 Å². The summed E-state index contributed by atoms with van der Waals surface area (Å²) < 4.78 is 7.51. The van der Waals surface area contributed by atoms with Crippen LogP contribution in [0.1, 0.15) is 12.0 Å². The van der Waals surface area contributed by atoms with Crippen LogP contribution in [0.25, 0.3) is 16.9 Å². The predicted octanol–water partition coefficient (Wildman–Crippen LogP) is 3.51.